The van der Waals surface area contributed by atoms with Crippen molar-refractivity contribution in [1.82, 2.24) is 15.5 Å². The van der Waals surface area contributed by atoms with Crippen molar-refractivity contribution in [3.05, 3.63) is 11.7 Å². The molecule has 0 saturated heterocycles. The fourth-order valence-electron chi connectivity index (χ4n) is 1.12. The van der Waals surface area contributed by atoms with Crippen LogP contribution in [0.2, 0.25) is 0 Å². The Hall–Kier alpha value is -1.43. The van der Waals surface area contributed by atoms with Gasteiger partial charge in [-0.15, -0.1) is 0 Å². The van der Waals surface area contributed by atoms with Gasteiger partial charge in [-0.25, -0.2) is 0 Å². The predicted octanol–water partition coefficient (Wildman–Crippen LogP) is 0.0911. The van der Waals surface area contributed by atoms with Gasteiger partial charge < -0.3 is 15.6 Å². The van der Waals surface area contributed by atoms with Gasteiger partial charge in [0.25, 0.3) is 11.7 Å². The smallest absolute Gasteiger partial charge is 0.292 e. The largest absolute Gasteiger partial charge is 0.345 e. The van der Waals surface area contributed by atoms with E-state index in [9.17, 15) is 4.79 Å². The van der Waals surface area contributed by atoms with Gasteiger partial charge >= 0.3 is 0 Å². The van der Waals surface area contributed by atoms with Crippen molar-refractivity contribution in [3.8, 4) is 0 Å². The first-order valence-corrected chi connectivity index (χ1v) is 4.85. The van der Waals surface area contributed by atoms with Crippen LogP contribution in [0, 0.1) is 12.8 Å². The van der Waals surface area contributed by atoms with Crippen molar-refractivity contribution in [2.75, 3.05) is 6.54 Å². The maximum absolute atomic E-state index is 11.6. The summed E-state index contributed by atoms with van der Waals surface area (Å²) >= 11 is 0. The molecule has 1 atom stereocenters. The topological polar surface area (TPSA) is 94.0 Å². The third-order valence-corrected chi connectivity index (χ3v) is 2.11. The molecule has 3 N–H and O–H groups in total. The molecule has 0 radical (unpaired) electrons. The van der Waals surface area contributed by atoms with Gasteiger partial charge in [0.2, 0.25) is 5.89 Å². The molecule has 15 heavy (non-hydrogen) atoms. The van der Waals surface area contributed by atoms with Crippen LogP contribution in [-0.2, 0) is 0 Å². The third-order valence-electron chi connectivity index (χ3n) is 2.11. The first-order chi connectivity index (χ1) is 7.04. The second-order valence-corrected chi connectivity index (χ2v) is 3.70. The van der Waals surface area contributed by atoms with E-state index in [1.54, 1.807) is 6.92 Å². The number of carbonyl (C=O) groups excluding carboxylic acids is 1. The number of hydrogen-bond acceptors (Lipinski definition) is 5. The molecule has 1 rings (SSSR count). The minimum Gasteiger partial charge on any atom is -0.345 e. The molecule has 0 aliphatic carbocycles. The maximum Gasteiger partial charge on any atom is 0.292 e. The second-order valence-electron chi connectivity index (χ2n) is 3.70. The van der Waals surface area contributed by atoms with Gasteiger partial charge in [-0.1, -0.05) is 19.0 Å². The van der Waals surface area contributed by atoms with Crippen molar-refractivity contribution < 1.29 is 9.32 Å². The minimum absolute atomic E-state index is 0.0478. The highest BCUT2D eigenvalue weighted by Crippen LogP contribution is 2.01. The highest BCUT2D eigenvalue weighted by atomic mass is 16.5. The van der Waals surface area contributed by atoms with Crippen molar-refractivity contribution in [3.63, 3.8) is 0 Å². The summed E-state index contributed by atoms with van der Waals surface area (Å²) in [4.78, 5) is 15.4. The molecule has 0 aliphatic rings. The van der Waals surface area contributed by atoms with Crippen molar-refractivity contribution >= 4 is 5.91 Å². The zero-order chi connectivity index (χ0) is 11.4. The standard InChI is InChI=1S/C9H16N4O2/c1-5(2)7(4-10)12-9(14)8-11-6(3)15-13-8/h5,7H,4,10H2,1-3H3,(H,12,14). The Morgan fingerprint density at radius 2 is 2.27 bits per heavy atom. The molecule has 0 bridgehead atoms. The highest BCUT2D eigenvalue weighted by molar-refractivity contribution is 5.90. The SMILES string of the molecule is Cc1nc(C(=O)NC(CN)C(C)C)no1. The van der Waals surface area contributed by atoms with Crippen LogP contribution in [0.25, 0.3) is 0 Å². The van der Waals surface area contributed by atoms with Gasteiger partial charge in [0.05, 0.1) is 0 Å². The van der Waals surface area contributed by atoms with E-state index >= 15 is 0 Å². The average molecular weight is 212 g/mol. The summed E-state index contributed by atoms with van der Waals surface area (Å²) in [5.41, 5.74) is 5.53. The number of amides is 1. The number of rotatable bonds is 4. The summed E-state index contributed by atoms with van der Waals surface area (Å²) in [7, 11) is 0. The average Bonchev–Trinajstić information content (AvgIpc) is 2.60. The van der Waals surface area contributed by atoms with E-state index in [1.807, 2.05) is 13.8 Å². The van der Waals surface area contributed by atoms with Crippen molar-refractivity contribution in [1.29, 1.82) is 0 Å². The number of nitrogens with zero attached hydrogens (tertiary/aromatic N) is 2. The van der Waals surface area contributed by atoms with Crippen LogP contribution in [0.5, 0.6) is 0 Å². The van der Waals surface area contributed by atoms with E-state index in [4.69, 9.17) is 10.3 Å². The Morgan fingerprint density at radius 1 is 1.60 bits per heavy atom. The molecule has 0 aliphatic heterocycles. The zero-order valence-electron chi connectivity index (χ0n) is 9.15. The minimum atomic E-state index is -0.351. The third kappa shape index (κ3) is 3.02. The molecular formula is C9H16N4O2. The van der Waals surface area contributed by atoms with Crippen molar-refractivity contribution in [2.45, 2.75) is 26.8 Å². The van der Waals surface area contributed by atoms with Crippen LogP contribution in [-0.4, -0.2) is 28.6 Å². The molecule has 1 heterocycles. The lowest BCUT2D eigenvalue weighted by Crippen LogP contribution is -2.44. The number of hydrogen-bond donors (Lipinski definition) is 2. The molecule has 0 saturated carbocycles. The zero-order valence-corrected chi connectivity index (χ0v) is 9.15. The van der Waals surface area contributed by atoms with Gasteiger partial charge in [0.15, 0.2) is 0 Å². The molecule has 6 heteroatoms. The van der Waals surface area contributed by atoms with Gasteiger partial charge in [-0.2, -0.15) is 4.98 Å². The summed E-state index contributed by atoms with van der Waals surface area (Å²) in [6, 6.07) is -0.0729. The Balaban J connectivity index is 2.62. The molecular weight excluding hydrogens is 196 g/mol. The molecule has 6 nitrogen and oxygen atoms in total. The number of aryl methyl sites for hydroxylation is 1. The molecule has 1 aromatic rings. The van der Waals surface area contributed by atoms with E-state index in [0.717, 1.165) is 0 Å². The predicted molar refractivity (Wildman–Crippen MR) is 54.2 cm³/mol. The van der Waals surface area contributed by atoms with Crippen LogP contribution in [0.1, 0.15) is 30.4 Å². The molecule has 1 aromatic heterocycles. The Labute approximate surface area is 88.2 Å². The number of carbonyl (C=O) groups is 1. The first-order valence-electron chi connectivity index (χ1n) is 4.85. The van der Waals surface area contributed by atoms with E-state index in [2.05, 4.69) is 15.5 Å². The van der Waals surface area contributed by atoms with Crippen LogP contribution in [0.4, 0.5) is 0 Å². The van der Waals surface area contributed by atoms with Crippen LogP contribution < -0.4 is 11.1 Å². The lowest BCUT2D eigenvalue weighted by Gasteiger charge is -2.19. The maximum atomic E-state index is 11.6. The lowest BCUT2D eigenvalue weighted by molar-refractivity contribution is 0.0914. The number of nitrogens with two attached hydrogens (primary N) is 1. The van der Waals surface area contributed by atoms with Gasteiger partial charge in [0, 0.05) is 19.5 Å². The Bertz CT molecular complexity index is 335. The lowest BCUT2D eigenvalue weighted by atomic mass is 10.1. The monoisotopic (exact) mass is 212 g/mol. The van der Waals surface area contributed by atoms with Gasteiger partial charge in [0.1, 0.15) is 0 Å². The summed E-state index contributed by atoms with van der Waals surface area (Å²) in [6.45, 7) is 5.99. The van der Waals surface area contributed by atoms with Gasteiger partial charge in [-0.3, -0.25) is 4.79 Å². The highest BCUT2D eigenvalue weighted by Gasteiger charge is 2.18. The van der Waals surface area contributed by atoms with E-state index < -0.39 is 0 Å². The summed E-state index contributed by atoms with van der Waals surface area (Å²) in [5.74, 6) is 0.337. The van der Waals surface area contributed by atoms with Gasteiger partial charge in [-0.05, 0) is 5.92 Å². The number of aromatic nitrogens is 2. The molecule has 0 spiro atoms. The van der Waals surface area contributed by atoms with E-state index in [-0.39, 0.29) is 23.7 Å². The van der Waals surface area contributed by atoms with E-state index in [1.165, 1.54) is 0 Å². The quantitative estimate of drug-likeness (QED) is 0.737. The Kier molecular flexibility index (Phi) is 3.79. The molecule has 1 amide bonds. The second kappa shape index (κ2) is 4.88. The normalized spacial score (nSPS) is 12.9. The van der Waals surface area contributed by atoms with E-state index in [0.29, 0.717) is 12.4 Å². The molecule has 1 unspecified atom stereocenters. The van der Waals surface area contributed by atoms with Crippen LogP contribution >= 0.6 is 0 Å². The molecule has 0 fully saturated rings. The summed E-state index contributed by atoms with van der Waals surface area (Å²) in [6.07, 6.45) is 0. The molecule has 84 valence electrons. The fraction of sp³-hybridized carbons (Fsp3) is 0.667. The first kappa shape index (κ1) is 11.6. The van der Waals surface area contributed by atoms with Crippen molar-refractivity contribution in [2.24, 2.45) is 11.7 Å². The Morgan fingerprint density at radius 3 is 2.67 bits per heavy atom. The van der Waals surface area contributed by atoms with Crippen LogP contribution in [0.15, 0.2) is 4.52 Å². The molecule has 0 aromatic carbocycles. The fourth-order valence-corrected chi connectivity index (χ4v) is 1.12. The number of nitrogens with one attached hydrogen (secondary N) is 1. The summed E-state index contributed by atoms with van der Waals surface area (Å²) < 4.78 is 4.71. The van der Waals surface area contributed by atoms with Crippen LogP contribution in [0.3, 0.4) is 0 Å². The summed E-state index contributed by atoms with van der Waals surface area (Å²) in [5, 5.41) is 6.27.